The Morgan fingerprint density at radius 2 is 2.16 bits per heavy atom. The lowest BCUT2D eigenvalue weighted by atomic mass is 10.2. The number of quaternary nitrogens is 1. The summed E-state index contributed by atoms with van der Waals surface area (Å²) in [6.07, 6.45) is 6.51. The van der Waals surface area contributed by atoms with Crippen molar-refractivity contribution < 1.29 is 10.4 Å². The van der Waals surface area contributed by atoms with Crippen molar-refractivity contribution in [3.63, 3.8) is 0 Å². The first-order chi connectivity index (χ1) is 9.16. The molecule has 4 nitrogen and oxygen atoms in total. The Morgan fingerprint density at radius 3 is 2.89 bits per heavy atom. The molecule has 0 unspecified atom stereocenters. The second-order valence-corrected chi connectivity index (χ2v) is 5.16. The predicted octanol–water partition coefficient (Wildman–Crippen LogP) is 1.42. The molecule has 2 aromatic rings. The minimum Gasteiger partial charge on any atom is -0.871 e. The number of aryl methyl sites for hydroxylation is 1. The van der Waals surface area contributed by atoms with E-state index in [1.54, 1.807) is 18.6 Å². The van der Waals surface area contributed by atoms with Crippen LogP contribution in [0.2, 0.25) is 10.0 Å². The van der Waals surface area contributed by atoms with Gasteiger partial charge in [-0.25, -0.2) is 4.98 Å². The third-order valence-corrected chi connectivity index (χ3v) is 3.33. The minimum absolute atomic E-state index is 0.128. The smallest absolute Gasteiger partial charge is 0.101 e. The summed E-state index contributed by atoms with van der Waals surface area (Å²) in [4.78, 5) is 3.98. The summed E-state index contributed by atoms with van der Waals surface area (Å²) >= 11 is 11.7. The number of aromatic nitrogens is 2. The molecule has 2 N–H and O–H groups in total. The Bertz CT molecular complexity index is 529. The number of hydrogen-bond acceptors (Lipinski definition) is 2. The molecule has 6 heteroatoms. The van der Waals surface area contributed by atoms with Gasteiger partial charge in [-0.05, 0) is 12.1 Å². The average Bonchev–Trinajstić information content (AvgIpc) is 2.87. The fourth-order valence-electron chi connectivity index (χ4n) is 1.86. The highest BCUT2D eigenvalue weighted by atomic mass is 35.5. The van der Waals surface area contributed by atoms with Crippen LogP contribution in [-0.4, -0.2) is 16.1 Å². The maximum Gasteiger partial charge on any atom is 0.101 e. The van der Waals surface area contributed by atoms with E-state index in [9.17, 15) is 5.11 Å². The summed E-state index contributed by atoms with van der Waals surface area (Å²) in [6, 6.07) is 3.16. The summed E-state index contributed by atoms with van der Waals surface area (Å²) in [7, 11) is 0. The highest BCUT2D eigenvalue weighted by molar-refractivity contribution is 6.35. The van der Waals surface area contributed by atoms with E-state index in [2.05, 4.69) is 10.3 Å². The number of imidazole rings is 1. The van der Waals surface area contributed by atoms with Crippen LogP contribution in [0.3, 0.4) is 0 Å². The van der Waals surface area contributed by atoms with Crippen molar-refractivity contribution in [3.05, 3.63) is 46.5 Å². The molecule has 0 aliphatic rings. The molecule has 0 fully saturated rings. The molecule has 0 amide bonds. The second kappa shape index (κ2) is 6.80. The van der Waals surface area contributed by atoms with E-state index < -0.39 is 0 Å². The first-order valence-corrected chi connectivity index (χ1v) is 6.85. The van der Waals surface area contributed by atoms with Crippen molar-refractivity contribution in [2.24, 2.45) is 0 Å². The van der Waals surface area contributed by atoms with E-state index in [0.29, 0.717) is 17.1 Å². The highest BCUT2D eigenvalue weighted by Crippen LogP contribution is 2.28. The summed E-state index contributed by atoms with van der Waals surface area (Å²) in [6.45, 7) is 2.46. The Kier molecular flexibility index (Phi) is 5.07. The molecule has 19 heavy (non-hydrogen) atoms. The topological polar surface area (TPSA) is 57.5 Å². The van der Waals surface area contributed by atoms with Crippen molar-refractivity contribution in [1.29, 1.82) is 0 Å². The first-order valence-electron chi connectivity index (χ1n) is 6.09. The van der Waals surface area contributed by atoms with Gasteiger partial charge < -0.3 is 15.0 Å². The van der Waals surface area contributed by atoms with Crippen molar-refractivity contribution in [2.45, 2.75) is 19.5 Å². The maximum absolute atomic E-state index is 11.7. The third-order valence-electron chi connectivity index (χ3n) is 2.83. The van der Waals surface area contributed by atoms with Crippen LogP contribution >= 0.6 is 23.2 Å². The number of nitrogens with two attached hydrogens (primary N) is 1. The van der Waals surface area contributed by atoms with E-state index >= 15 is 0 Å². The number of nitrogens with zero attached hydrogens (tertiary/aromatic N) is 2. The summed E-state index contributed by atoms with van der Waals surface area (Å²) in [5.74, 6) is -0.128. The molecule has 0 saturated heterocycles. The van der Waals surface area contributed by atoms with Crippen LogP contribution in [0.25, 0.3) is 0 Å². The van der Waals surface area contributed by atoms with Crippen molar-refractivity contribution >= 4 is 23.2 Å². The number of rotatable bonds is 6. The molecule has 0 spiro atoms. The Labute approximate surface area is 122 Å². The molecule has 1 aromatic heterocycles. The average molecular weight is 300 g/mol. The minimum atomic E-state index is -0.128. The molecule has 0 aliphatic heterocycles. The van der Waals surface area contributed by atoms with E-state index in [1.165, 1.54) is 6.07 Å². The lowest BCUT2D eigenvalue weighted by molar-refractivity contribution is -0.671. The van der Waals surface area contributed by atoms with E-state index in [-0.39, 0.29) is 10.8 Å². The monoisotopic (exact) mass is 299 g/mol. The fourth-order valence-corrected chi connectivity index (χ4v) is 2.40. The molecule has 2 rings (SSSR count). The Balaban J connectivity index is 1.76. The standard InChI is InChI=1S/C13H15Cl2N3O/c14-11-6-10(13(19)12(15)7-11)8-16-2-1-4-18-5-3-17-9-18/h3,5-7,9,16,19H,1-2,4,8H2. The normalized spacial score (nSPS) is 10.8. The van der Waals surface area contributed by atoms with Crippen LogP contribution in [0, 0.1) is 0 Å². The molecule has 0 radical (unpaired) electrons. The number of benzene rings is 1. The van der Waals surface area contributed by atoms with Gasteiger partial charge in [-0.1, -0.05) is 29.0 Å². The molecular weight excluding hydrogens is 285 g/mol. The zero-order valence-corrected chi connectivity index (χ0v) is 11.9. The fraction of sp³-hybridized carbons (Fsp3) is 0.308. The Morgan fingerprint density at radius 1 is 1.32 bits per heavy atom. The molecule has 1 heterocycles. The highest BCUT2D eigenvalue weighted by Gasteiger charge is 2.03. The zero-order chi connectivity index (χ0) is 13.7. The zero-order valence-electron chi connectivity index (χ0n) is 10.4. The quantitative estimate of drug-likeness (QED) is 0.820. The van der Waals surface area contributed by atoms with Gasteiger partial charge in [0.1, 0.15) is 6.54 Å². The lowest BCUT2D eigenvalue weighted by Gasteiger charge is -2.15. The molecule has 0 saturated carbocycles. The number of hydrogen-bond donors (Lipinski definition) is 1. The predicted molar refractivity (Wildman–Crippen MR) is 73.2 cm³/mol. The summed E-state index contributed by atoms with van der Waals surface area (Å²) < 4.78 is 2.03. The molecule has 0 aliphatic carbocycles. The molecule has 1 aromatic carbocycles. The molecule has 0 atom stereocenters. The number of halogens is 2. The van der Waals surface area contributed by atoms with Crippen LogP contribution in [-0.2, 0) is 13.1 Å². The van der Waals surface area contributed by atoms with Gasteiger partial charge in [0.25, 0.3) is 0 Å². The van der Waals surface area contributed by atoms with Crippen LogP contribution in [0.1, 0.15) is 12.0 Å². The van der Waals surface area contributed by atoms with Crippen LogP contribution < -0.4 is 10.4 Å². The van der Waals surface area contributed by atoms with Crippen molar-refractivity contribution in [1.82, 2.24) is 9.55 Å². The molecule has 102 valence electrons. The van der Waals surface area contributed by atoms with E-state index in [1.807, 2.05) is 10.8 Å². The van der Waals surface area contributed by atoms with E-state index in [4.69, 9.17) is 23.2 Å². The summed E-state index contributed by atoms with van der Waals surface area (Å²) in [5.41, 5.74) is 0.653. The lowest BCUT2D eigenvalue weighted by Crippen LogP contribution is -2.82. The van der Waals surface area contributed by atoms with Crippen LogP contribution in [0.15, 0.2) is 30.9 Å². The van der Waals surface area contributed by atoms with Gasteiger partial charge >= 0.3 is 0 Å². The van der Waals surface area contributed by atoms with Gasteiger partial charge in [0.05, 0.1) is 12.9 Å². The van der Waals surface area contributed by atoms with Crippen molar-refractivity contribution in [3.8, 4) is 5.75 Å². The molecule has 0 bridgehead atoms. The largest absolute Gasteiger partial charge is 0.871 e. The Hall–Kier alpha value is -1.23. The van der Waals surface area contributed by atoms with Gasteiger partial charge in [-0.2, -0.15) is 0 Å². The second-order valence-electron chi connectivity index (χ2n) is 4.31. The van der Waals surface area contributed by atoms with E-state index in [0.717, 1.165) is 19.5 Å². The SMILES string of the molecule is [O-]c1c(Cl)cc(Cl)cc1C[NH2+]CCCn1ccnc1. The maximum atomic E-state index is 11.7. The van der Waals surface area contributed by atoms with Gasteiger partial charge in [0.2, 0.25) is 0 Å². The van der Waals surface area contributed by atoms with Gasteiger partial charge in [0.15, 0.2) is 0 Å². The molecular formula is C13H15Cl2N3O. The summed E-state index contributed by atoms with van der Waals surface area (Å²) in [5, 5.41) is 14.5. The van der Waals surface area contributed by atoms with Gasteiger partial charge in [-0.15, -0.1) is 0 Å². The van der Waals surface area contributed by atoms with Crippen LogP contribution in [0.5, 0.6) is 5.75 Å². The van der Waals surface area contributed by atoms with Gasteiger partial charge in [0, 0.05) is 41.0 Å². The first kappa shape index (κ1) is 14.2. The van der Waals surface area contributed by atoms with Gasteiger partial charge in [-0.3, -0.25) is 0 Å². The third kappa shape index (κ3) is 4.13. The van der Waals surface area contributed by atoms with Crippen LogP contribution in [0.4, 0.5) is 0 Å². The van der Waals surface area contributed by atoms with Crippen molar-refractivity contribution in [2.75, 3.05) is 6.54 Å².